The maximum atomic E-state index is 13.6. The molecule has 0 aliphatic carbocycles. The van der Waals surface area contributed by atoms with Crippen LogP contribution in [0.2, 0.25) is 0 Å². The molecule has 1 aromatic carbocycles. The van der Waals surface area contributed by atoms with Gasteiger partial charge in [0.25, 0.3) is 0 Å². The average molecular weight is 240 g/mol. The van der Waals surface area contributed by atoms with Crippen molar-refractivity contribution in [3.05, 3.63) is 35.4 Å². The molecule has 3 heteroatoms. The summed E-state index contributed by atoms with van der Waals surface area (Å²) >= 11 is 0. The molecule has 94 valence electrons. The average Bonchev–Trinajstić information content (AvgIpc) is 2.28. The number of benzene rings is 1. The SMILES string of the molecule is CCCC(CC(=O)CC)c1ccc(F)cc1F. The van der Waals surface area contributed by atoms with Gasteiger partial charge in [-0.3, -0.25) is 4.79 Å². The Hall–Kier alpha value is -1.25. The van der Waals surface area contributed by atoms with Gasteiger partial charge in [-0.2, -0.15) is 0 Å². The molecule has 0 aliphatic heterocycles. The van der Waals surface area contributed by atoms with E-state index in [9.17, 15) is 13.6 Å². The van der Waals surface area contributed by atoms with E-state index in [-0.39, 0.29) is 11.7 Å². The van der Waals surface area contributed by atoms with Crippen LogP contribution in [0.1, 0.15) is 51.0 Å². The first-order valence-electron chi connectivity index (χ1n) is 6.05. The van der Waals surface area contributed by atoms with Crippen LogP contribution < -0.4 is 0 Å². The van der Waals surface area contributed by atoms with Crippen LogP contribution in [0.5, 0.6) is 0 Å². The van der Waals surface area contributed by atoms with Gasteiger partial charge >= 0.3 is 0 Å². The number of rotatable bonds is 6. The maximum absolute atomic E-state index is 13.6. The Morgan fingerprint density at radius 2 is 2.00 bits per heavy atom. The lowest BCUT2D eigenvalue weighted by molar-refractivity contribution is -0.119. The lowest BCUT2D eigenvalue weighted by Crippen LogP contribution is -2.08. The van der Waals surface area contributed by atoms with Crippen LogP contribution in [0.3, 0.4) is 0 Å². The van der Waals surface area contributed by atoms with Gasteiger partial charge in [-0.05, 0) is 24.0 Å². The van der Waals surface area contributed by atoms with Gasteiger partial charge in [-0.25, -0.2) is 8.78 Å². The molecule has 0 aromatic heterocycles. The van der Waals surface area contributed by atoms with Crippen molar-refractivity contribution in [2.24, 2.45) is 0 Å². The molecule has 1 nitrogen and oxygen atoms in total. The van der Waals surface area contributed by atoms with Gasteiger partial charge < -0.3 is 0 Å². The minimum absolute atomic E-state index is 0.118. The Balaban J connectivity index is 2.92. The third kappa shape index (κ3) is 3.91. The summed E-state index contributed by atoms with van der Waals surface area (Å²) in [6.45, 7) is 3.79. The predicted molar refractivity (Wildman–Crippen MR) is 63.9 cm³/mol. The number of halogens is 2. The first-order chi connectivity index (χ1) is 8.08. The summed E-state index contributed by atoms with van der Waals surface area (Å²) in [5.74, 6) is -1.14. The van der Waals surface area contributed by atoms with E-state index >= 15 is 0 Å². The van der Waals surface area contributed by atoms with Crippen LogP contribution >= 0.6 is 0 Å². The minimum atomic E-state index is -0.580. The van der Waals surface area contributed by atoms with Crippen LogP contribution in [0.15, 0.2) is 18.2 Å². The van der Waals surface area contributed by atoms with Crippen molar-refractivity contribution < 1.29 is 13.6 Å². The third-order valence-electron chi connectivity index (χ3n) is 2.91. The van der Waals surface area contributed by atoms with Crippen LogP contribution in [-0.2, 0) is 4.79 Å². The summed E-state index contributed by atoms with van der Waals surface area (Å²) in [6.07, 6.45) is 2.42. The largest absolute Gasteiger partial charge is 0.300 e. The normalized spacial score (nSPS) is 12.5. The topological polar surface area (TPSA) is 17.1 Å². The molecule has 0 amide bonds. The molecule has 0 fully saturated rings. The van der Waals surface area contributed by atoms with Gasteiger partial charge in [0.1, 0.15) is 17.4 Å². The van der Waals surface area contributed by atoms with Crippen molar-refractivity contribution in [2.45, 2.75) is 45.4 Å². The van der Waals surface area contributed by atoms with Crippen molar-refractivity contribution >= 4 is 5.78 Å². The van der Waals surface area contributed by atoms with Crippen molar-refractivity contribution in [1.82, 2.24) is 0 Å². The number of Topliss-reactive ketones (excluding diaryl/α,β-unsaturated/α-hetero) is 1. The Kier molecular flexibility index (Phi) is 5.26. The summed E-state index contributed by atoms with van der Waals surface area (Å²) in [5.41, 5.74) is 0.454. The predicted octanol–water partition coefficient (Wildman–Crippen LogP) is 4.22. The van der Waals surface area contributed by atoms with E-state index in [2.05, 4.69) is 0 Å². The summed E-state index contributed by atoms with van der Waals surface area (Å²) in [6, 6.07) is 3.58. The fourth-order valence-electron chi connectivity index (χ4n) is 1.97. The smallest absolute Gasteiger partial charge is 0.133 e. The lowest BCUT2D eigenvalue weighted by Gasteiger charge is -2.16. The van der Waals surface area contributed by atoms with E-state index in [1.165, 1.54) is 12.1 Å². The Morgan fingerprint density at radius 1 is 1.29 bits per heavy atom. The van der Waals surface area contributed by atoms with Crippen LogP contribution in [-0.4, -0.2) is 5.78 Å². The highest BCUT2D eigenvalue weighted by molar-refractivity contribution is 5.78. The van der Waals surface area contributed by atoms with Crippen LogP contribution in [0.25, 0.3) is 0 Å². The molecule has 0 saturated heterocycles. The lowest BCUT2D eigenvalue weighted by atomic mass is 9.89. The molecule has 0 N–H and O–H groups in total. The molecule has 17 heavy (non-hydrogen) atoms. The fourth-order valence-corrected chi connectivity index (χ4v) is 1.97. The molecule has 0 spiro atoms. The molecule has 0 heterocycles. The van der Waals surface area contributed by atoms with Crippen molar-refractivity contribution in [3.8, 4) is 0 Å². The zero-order chi connectivity index (χ0) is 12.8. The fraction of sp³-hybridized carbons (Fsp3) is 0.500. The van der Waals surface area contributed by atoms with Crippen molar-refractivity contribution in [1.29, 1.82) is 0 Å². The second kappa shape index (κ2) is 6.48. The molecule has 0 saturated carbocycles. The van der Waals surface area contributed by atoms with E-state index < -0.39 is 11.6 Å². The number of carbonyl (C=O) groups is 1. The summed E-state index contributed by atoms with van der Waals surface area (Å²) in [7, 11) is 0. The first-order valence-corrected chi connectivity index (χ1v) is 6.05. The highest BCUT2D eigenvalue weighted by Crippen LogP contribution is 2.28. The number of hydrogen-bond acceptors (Lipinski definition) is 1. The van der Waals surface area contributed by atoms with Crippen molar-refractivity contribution in [2.75, 3.05) is 0 Å². The minimum Gasteiger partial charge on any atom is -0.300 e. The number of ketones is 1. The molecular formula is C14H18F2O. The standard InChI is InChI=1S/C14H18F2O/c1-3-5-10(8-12(17)4-2)13-7-6-11(15)9-14(13)16/h6-7,9-10H,3-5,8H2,1-2H3. The first kappa shape index (κ1) is 13.8. The van der Waals surface area contributed by atoms with E-state index in [4.69, 9.17) is 0 Å². The number of hydrogen-bond donors (Lipinski definition) is 0. The zero-order valence-corrected chi connectivity index (χ0v) is 10.3. The molecule has 1 unspecified atom stereocenters. The highest BCUT2D eigenvalue weighted by Gasteiger charge is 2.18. The van der Waals surface area contributed by atoms with Crippen LogP contribution in [0.4, 0.5) is 8.78 Å². The maximum Gasteiger partial charge on any atom is 0.133 e. The zero-order valence-electron chi connectivity index (χ0n) is 10.3. The quantitative estimate of drug-likeness (QED) is 0.727. The highest BCUT2D eigenvalue weighted by atomic mass is 19.1. The molecular weight excluding hydrogens is 222 g/mol. The van der Waals surface area contributed by atoms with Gasteiger partial charge in [-0.1, -0.05) is 26.3 Å². The Bertz CT molecular complexity index is 388. The van der Waals surface area contributed by atoms with Gasteiger partial charge in [0.2, 0.25) is 0 Å². The molecule has 0 bridgehead atoms. The van der Waals surface area contributed by atoms with Gasteiger partial charge in [0, 0.05) is 18.9 Å². The second-order valence-electron chi connectivity index (χ2n) is 4.25. The monoisotopic (exact) mass is 240 g/mol. The second-order valence-corrected chi connectivity index (χ2v) is 4.25. The van der Waals surface area contributed by atoms with E-state index in [1.807, 2.05) is 6.92 Å². The Morgan fingerprint density at radius 3 is 2.53 bits per heavy atom. The summed E-state index contributed by atoms with van der Waals surface area (Å²) < 4.78 is 26.4. The number of carbonyl (C=O) groups excluding carboxylic acids is 1. The summed E-state index contributed by atoms with van der Waals surface area (Å²) in [4.78, 5) is 11.5. The van der Waals surface area contributed by atoms with Gasteiger partial charge in [-0.15, -0.1) is 0 Å². The molecule has 0 radical (unpaired) electrons. The molecule has 1 aromatic rings. The molecule has 0 aliphatic rings. The molecule has 1 atom stereocenters. The van der Waals surface area contributed by atoms with Crippen LogP contribution in [0, 0.1) is 11.6 Å². The van der Waals surface area contributed by atoms with Crippen molar-refractivity contribution in [3.63, 3.8) is 0 Å². The van der Waals surface area contributed by atoms with E-state index in [0.29, 0.717) is 18.4 Å². The van der Waals surface area contributed by atoms with E-state index in [0.717, 1.165) is 18.9 Å². The third-order valence-corrected chi connectivity index (χ3v) is 2.91. The van der Waals surface area contributed by atoms with Gasteiger partial charge in [0.05, 0.1) is 0 Å². The molecule has 1 rings (SSSR count). The van der Waals surface area contributed by atoms with Gasteiger partial charge in [0.15, 0.2) is 0 Å². The Labute approximate surface area is 101 Å². The summed E-state index contributed by atoms with van der Waals surface area (Å²) in [5, 5.41) is 0. The van der Waals surface area contributed by atoms with E-state index in [1.54, 1.807) is 6.92 Å².